The minimum Gasteiger partial charge on any atom is -0.395 e. The molecule has 2 rings (SSSR count). The molecular formula is C15H19BrN2O. The van der Waals surface area contributed by atoms with Crippen LogP contribution in [-0.2, 0) is 0 Å². The number of nitrogens with zero attached hydrogens (tertiary/aromatic N) is 2. The summed E-state index contributed by atoms with van der Waals surface area (Å²) in [6, 6.07) is 8.48. The van der Waals surface area contributed by atoms with Gasteiger partial charge in [-0.25, -0.2) is 0 Å². The standard InChI is InChI=1S/C15H19BrN2O/c16-15-10-14(7-6-12(15)11-17)18(8-9-19)13-4-2-1-3-5-13/h6-7,10,13,19H,1-5,8-9H2. The Labute approximate surface area is 123 Å². The second kappa shape index (κ2) is 6.93. The zero-order valence-electron chi connectivity index (χ0n) is 11.0. The van der Waals surface area contributed by atoms with Crippen molar-refractivity contribution in [3.05, 3.63) is 28.2 Å². The fourth-order valence-electron chi connectivity index (χ4n) is 2.80. The Balaban J connectivity index is 2.22. The molecule has 1 aliphatic rings. The maximum Gasteiger partial charge on any atom is 0.100 e. The highest BCUT2D eigenvalue weighted by Crippen LogP contribution is 2.30. The summed E-state index contributed by atoms with van der Waals surface area (Å²) in [7, 11) is 0. The molecule has 102 valence electrons. The lowest BCUT2D eigenvalue weighted by Gasteiger charge is -2.36. The number of hydrogen-bond donors (Lipinski definition) is 1. The summed E-state index contributed by atoms with van der Waals surface area (Å²) in [5, 5.41) is 18.3. The molecule has 19 heavy (non-hydrogen) atoms. The molecule has 0 radical (unpaired) electrons. The number of benzene rings is 1. The lowest BCUT2D eigenvalue weighted by molar-refractivity contribution is 0.290. The molecule has 1 saturated carbocycles. The minimum atomic E-state index is 0.161. The summed E-state index contributed by atoms with van der Waals surface area (Å²) < 4.78 is 0.825. The Kier molecular flexibility index (Phi) is 5.24. The molecule has 0 spiro atoms. The average Bonchev–Trinajstić information content (AvgIpc) is 2.45. The largest absolute Gasteiger partial charge is 0.395 e. The maximum atomic E-state index is 9.29. The quantitative estimate of drug-likeness (QED) is 0.923. The highest BCUT2D eigenvalue weighted by molar-refractivity contribution is 9.10. The van der Waals surface area contributed by atoms with E-state index >= 15 is 0 Å². The number of anilines is 1. The zero-order valence-corrected chi connectivity index (χ0v) is 12.6. The van der Waals surface area contributed by atoms with Crippen LogP contribution < -0.4 is 4.90 Å². The highest BCUT2D eigenvalue weighted by atomic mass is 79.9. The summed E-state index contributed by atoms with van der Waals surface area (Å²) in [6.45, 7) is 0.817. The van der Waals surface area contributed by atoms with E-state index in [-0.39, 0.29) is 6.61 Å². The predicted octanol–water partition coefficient (Wildman–Crippen LogP) is 3.45. The van der Waals surface area contributed by atoms with E-state index in [1.54, 1.807) is 0 Å². The third-order valence-corrected chi connectivity index (χ3v) is 4.42. The number of nitriles is 1. The van der Waals surface area contributed by atoms with Gasteiger partial charge in [0.1, 0.15) is 6.07 Å². The van der Waals surface area contributed by atoms with Crippen LogP contribution in [0, 0.1) is 11.3 Å². The van der Waals surface area contributed by atoms with Crippen LogP contribution in [-0.4, -0.2) is 24.3 Å². The molecule has 0 aromatic heterocycles. The summed E-state index contributed by atoms with van der Waals surface area (Å²) >= 11 is 3.44. The fourth-order valence-corrected chi connectivity index (χ4v) is 3.25. The first-order valence-corrected chi connectivity index (χ1v) is 7.62. The van der Waals surface area contributed by atoms with Crippen molar-refractivity contribution < 1.29 is 5.11 Å². The van der Waals surface area contributed by atoms with Gasteiger partial charge in [-0.15, -0.1) is 0 Å². The third kappa shape index (κ3) is 3.49. The number of hydrogen-bond acceptors (Lipinski definition) is 3. The molecular weight excluding hydrogens is 304 g/mol. The van der Waals surface area contributed by atoms with Crippen molar-refractivity contribution in [3.63, 3.8) is 0 Å². The van der Waals surface area contributed by atoms with Crippen LogP contribution in [0.25, 0.3) is 0 Å². The lowest BCUT2D eigenvalue weighted by Crippen LogP contribution is -2.38. The zero-order chi connectivity index (χ0) is 13.7. The molecule has 3 nitrogen and oxygen atoms in total. The Bertz CT molecular complexity index is 464. The van der Waals surface area contributed by atoms with E-state index < -0.39 is 0 Å². The van der Waals surface area contributed by atoms with Gasteiger partial charge < -0.3 is 10.0 Å². The number of aliphatic hydroxyl groups is 1. The predicted molar refractivity (Wildman–Crippen MR) is 80.2 cm³/mol. The van der Waals surface area contributed by atoms with E-state index in [1.807, 2.05) is 18.2 Å². The number of aliphatic hydroxyl groups excluding tert-OH is 1. The van der Waals surface area contributed by atoms with Crippen molar-refractivity contribution in [1.29, 1.82) is 5.26 Å². The first-order valence-electron chi connectivity index (χ1n) is 6.83. The highest BCUT2D eigenvalue weighted by Gasteiger charge is 2.21. The van der Waals surface area contributed by atoms with Gasteiger partial charge in [-0.3, -0.25) is 0 Å². The van der Waals surface area contributed by atoms with Gasteiger partial charge in [0.25, 0.3) is 0 Å². The molecule has 0 bridgehead atoms. The summed E-state index contributed by atoms with van der Waals surface area (Å²) in [6.07, 6.45) is 6.24. The SMILES string of the molecule is N#Cc1ccc(N(CCO)C2CCCCC2)cc1Br. The maximum absolute atomic E-state index is 9.29. The molecule has 0 unspecified atom stereocenters. The topological polar surface area (TPSA) is 47.3 Å². The van der Waals surface area contributed by atoms with E-state index in [9.17, 15) is 5.11 Å². The molecule has 0 saturated heterocycles. The van der Waals surface area contributed by atoms with Gasteiger partial charge in [0.15, 0.2) is 0 Å². The fraction of sp³-hybridized carbons (Fsp3) is 0.533. The molecule has 1 aromatic carbocycles. The van der Waals surface area contributed by atoms with Gasteiger partial charge in [0, 0.05) is 22.7 Å². The molecule has 1 aromatic rings. The van der Waals surface area contributed by atoms with E-state index in [0.29, 0.717) is 18.2 Å². The van der Waals surface area contributed by atoms with E-state index in [2.05, 4.69) is 26.9 Å². The summed E-state index contributed by atoms with van der Waals surface area (Å²) in [5.41, 5.74) is 1.74. The van der Waals surface area contributed by atoms with Gasteiger partial charge in [-0.05, 0) is 47.0 Å². The van der Waals surface area contributed by atoms with Gasteiger partial charge in [0.2, 0.25) is 0 Å². The normalized spacial score (nSPS) is 16.1. The van der Waals surface area contributed by atoms with Gasteiger partial charge in [-0.2, -0.15) is 5.26 Å². The van der Waals surface area contributed by atoms with Crippen molar-refractivity contribution in [2.45, 2.75) is 38.1 Å². The monoisotopic (exact) mass is 322 g/mol. The molecule has 0 amide bonds. The minimum absolute atomic E-state index is 0.161. The molecule has 4 heteroatoms. The molecule has 0 aliphatic heterocycles. The van der Waals surface area contributed by atoms with Crippen molar-refractivity contribution in [1.82, 2.24) is 0 Å². The third-order valence-electron chi connectivity index (χ3n) is 3.76. The Hall–Kier alpha value is -1.05. The molecule has 1 N–H and O–H groups in total. The Morgan fingerprint density at radius 2 is 2.05 bits per heavy atom. The molecule has 1 fully saturated rings. The first kappa shape index (κ1) is 14.4. The van der Waals surface area contributed by atoms with Crippen LogP contribution in [0.15, 0.2) is 22.7 Å². The number of halogens is 1. The van der Waals surface area contributed by atoms with Crippen molar-refractivity contribution in [3.8, 4) is 6.07 Å². The first-order chi connectivity index (χ1) is 9.26. The van der Waals surface area contributed by atoms with Crippen LogP contribution in [0.4, 0.5) is 5.69 Å². The molecule has 1 aliphatic carbocycles. The van der Waals surface area contributed by atoms with Crippen molar-refractivity contribution in [2.24, 2.45) is 0 Å². The smallest absolute Gasteiger partial charge is 0.100 e. The van der Waals surface area contributed by atoms with E-state index in [0.717, 1.165) is 10.2 Å². The van der Waals surface area contributed by atoms with Crippen molar-refractivity contribution >= 4 is 21.6 Å². The van der Waals surface area contributed by atoms with Gasteiger partial charge in [-0.1, -0.05) is 19.3 Å². The van der Waals surface area contributed by atoms with Crippen LogP contribution in [0.2, 0.25) is 0 Å². The average molecular weight is 323 g/mol. The van der Waals surface area contributed by atoms with Crippen LogP contribution >= 0.6 is 15.9 Å². The van der Waals surface area contributed by atoms with E-state index in [1.165, 1.54) is 32.1 Å². The summed E-state index contributed by atoms with van der Waals surface area (Å²) in [4.78, 5) is 2.28. The van der Waals surface area contributed by atoms with Crippen LogP contribution in [0.1, 0.15) is 37.7 Å². The molecule has 0 heterocycles. The van der Waals surface area contributed by atoms with E-state index in [4.69, 9.17) is 5.26 Å². The summed E-state index contributed by atoms with van der Waals surface area (Å²) in [5.74, 6) is 0. The van der Waals surface area contributed by atoms with Gasteiger partial charge >= 0.3 is 0 Å². The Morgan fingerprint density at radius 3 is 2.63 bits per heavy atom. The molecule has 0 atom stereocenters. The number of rotatable bonds is 4. The van der Waals surface area contributed by atoms with Crippen molar-refractivity contribution in [2.75, 3.05) is 18.1 Å². The second-order valence-electron chi connectivity index (χ2n) is 4.98. The lowest BCUT2D eigenvalue weighted by atomic mass is 9.93. The van der Waals surface area contributed by atoms with Crippen LogP contribution in [0.3, 0.4) is 0 Å². The van der Waals surface area contributed by atoms with Crippen LogP contribution in [0.5, 0.6) is 0 Å². The Morgan fingerprint density at radius 1 is 1.32 bits per heavy atom. The van der Waals surface area contributed by atoms with Gasteiger partial charge in [0.05, 0.1) is 12.2 Å². The second-order valence-corrected chi connectivity index (χ2v) is 5.84.